The topological polar surface area (TPSA) is 66.7 Å². The van der Waals surface area contributed by atoms with Crippen molar-refractivity contribution in [2.75, 3.05) is 31.1 Å². The minimum absolute atomic E-state index is 0.0890. The average molecular weight is 339 g/mol. The number of nitrogens with zero attached hydrogens (tertiary/aromatic N) is 3. The van der Waals surface area contributed by atoms with Crippen LogP contribution in [0.5, 0.6) is 0 Å². The van der Waals surface area contributed by atoms with Crippen molar-refractivity contribution >= 4 is 17.3 Å². The molecule has 0 unspecified atom stereocenters. The number of carbonyl (C=O) groups is 1. The van der Waals surface area contributed by atoms with Gasteiger partial charge in [0.05, 0.1) is 4.92 Å². The largest absolute Gasteiger partial charge is 0.368 e. The Balaban J connectivity index is 1.76. The minimum atomic E-state index is -0.466. The minimum Gasteiger partial charge on any atom is -0.368 e. The van der Waals surface area contributed by atoms with Gasteiger partial charge in [-0.1, -0.05) is 30.3 Å². The molecule has 1 aliphatic heterocycles. The third-order valence-corrected chi connectivity index (χ3v) is 4.67. The molecule has 130 valence electrons. The molecule has 2 aromatic carbocycles. The number of carbonyl (C=O) groups excluding carboxylic acids is 1. The molecule has 0 saturated carbocycles. The lowest BCUT2D eigenvalue weighted by Crippen LogP contribution is -2.49. The van der Waals surface area contributed by atoms with Crippen LogP contribution < -0.4 is 4.90 Å². The molecule has 0 N–H and O–H groups in total. The van der Waals surface area contributed by atoms with Crippen LogP contribution in [0.2, 0.25) is 0 Å². The summed E-state index contributed by atoms with van der Waals surface area (Å²) in [7, 11) is 0. The molecule has 25 heavy (non-hydrogen) atoms. The number of para-hydroxylation sites is 2. The zero-order valence-electron chi connectivity index (χ0n) is 14.4. The fraction of sp³-hybridized carbons (Fsp3) is 0.316. The molecule has 3 rings (SSSR count). The lowest BCUT2D eigenvalue weighted by atomic mass is 10.1. The second-order valence-corrected chi connectivity index (χ2v) is 6.29. The average Bonchev–Trinajstić information content (AvgIpc) is 2.61. The maximum atomic E-state index is 12.8. The van der Waals surface area contributed by atoms with Gasteiger partial charge < -0.3 is 9.80 Å². The number of benzene rings is 2. The van der Waals surface area contributed by atoms with E-state index < -0.39 is 4.92 Å². The third-order valence-electron chi connectivity index (χ3n) is 4.67. The summed E-state index contributed by atoms with van der Waals surface area (Å²) in [5, 5.41) is 11.3. The molecule has 0 aliphatic carbocycles. The van der Waals surface area contributed by atoms with Gasteiger partial charge in [0.2, 0.25) is 0 Å². The predicted molar refractivity (Wildman–Crippen MR) is 97.1 cm³/mol. The van der Waals surface area contributed by atoms with Crippen LogP contribution in [-0.2, 0) is 0 Å². The number of rotatable bonds is 3. The summed E-state index contributed by atoms with van der Waals surface area (Å²) in [6, 6.07) is 13.1. The maximum Gasteiger partial charge on any atom is 0.285 e. The van der Waals surface area contributed by atoms with Gasteiger partial charge in [-0.2, -0.15) is 0 Å². The van der Waals surface area contributed by atoms with Gasteiger partial charge in [-0.15, -0.1) is 0 Å². The van der Waals surface area contributed by atoms with Gasteiger partial charge in [-0.25, -0.2) is 0 Å². The highest BCUT2D eigenvalue weighted by atomic mass is 16.6. The van der Waals surface area contributed by atoms with Crippen LogP contribution in [0.25, 0.3) is 0 Å². The van der Waals surface area contributed by atoms with Crippen molar-refractivity contribution in [3.8, 4) is 0 Å². The summed E-state index contributed by atoms with van der Waals surface area (Å²) in [6.45, 7) is 6.27. The SMILES string of the molecule is Cc1ccccc1N1CCN(C(=O)c2cccc(C)c2[N+](=O)[O-])CC1. The molecule has 6 heteroatoms. The summed E-state index contributed by atoms with van der Waals surface area (Å²) in [5.41, 5.74) is 2.98. The Hall–Kier alpha value is -2.89. The van der Waals surface area contributed by atoms with Gasteiger partial charge in [0.1, 0.15) is 5.56 Å². The zero-order chi connectivity index (χ0) is 18.0. The summed E-state index contributed by atoms with van der Waals surface area (Å²) in [6.07, 6.45) is 0. The van der Waals surface area contributed by atoms with E-state index in [0.717, 1.165) is 13.1 Å². The molecular formula is C19H21N3O3. The molecule has 1 fully saturated rings. The van der Waals surface area contributed by atoms with Crippen molar-refractivity contribution < 1.29 is 9.72 Å². The molecular weight excluding hydrogens is 318 g/mol. The van der Waals surface area contributed by atoms with Gasteiger partial charge in [0.25, 0.3) is 11.6 Å². The zero-order valence-corrected chi connectivity index (χ0v) is 14.4. The van der Waals surface area contributed by atoms with E-state index in [0.29, 0.717) is 18.7 Å². The highest BCUT2D eigenvalue weighted by Gasteiger charge is 2.28. The van der Waals surface area contributed by atoms with Crippen LogP contribution in [0, 0.1) is 24.0 Å². The molecule has 2 aromatic rings. The Morgan fingerprint density at radius 1 is 0.960 bits per heavy atom. The number of anilines is 1. The number of piperazine rings is 1. The highest BCUT2D eigenvalue weighted by Crippen LogP contribution is 2.26. The van der Waals surface area contributed by atoms with E-state index in [1.807, 2.05) is 12.1 Å². The quantitative estimate of drug-likeness (QED) is 0.636. The highest BCUT2D eigenvalue weighted by molar-refractivity contribution is 5.98. The molecule has 0 radical (unpaired) electrons. The monoisotopic (exact) mass is 339 g/mol. The van der Waals surface area contributed by atoms with Crippen molar-refractivity contribution in [1.29, 1.82) is 0 Å². The summed E-state index contributed by atoms with van der Waals surface area (Å²) < 4.78 is 0. The van der Waals surface area contributed by atoms with Crippen molar-refractivity contribution in [2.24, 2.45) is 0 Å². The van der Waals surface area contributed by atoms with Crippen LogP contribution in [-0.4, -0.2) is 41.9 Å². The van der Waals surface area contributed by atoms with Crippen molar-refractivity contribution in [1.82, 2.24) is 4.90 Å². The van der Waals surface area contributed by atoms with Crippen molar-refractivity contribution in [3.63, 3.8) is 0 Å². The van der Waals surface area contributed by atoms with Gasteiger partial charge in [0.15, 0.2) is 0 Å². The summed E-state index contributed by atoms with van der Waals surface area (Å²) in [4.78, 5) is 27.6. The van der Waals surface area contributed by atoms with E-state index in [2.05, 4.69) is 24.0 Å². The van der Waals surface area contributed by atoms with Crippen molar-refractivity contribution in [2.45, 2.75) is 13.8 Å². The third kappa shape index (κ3) is 3.33. The fourth-order valence-electron chi connectivity index (χ4n) is 3.31. The normalized spacial score (nSPS) is 14.5. The number of nitro groups is 1. The van der Waals surface area contributed by atoms with E-state index >= 15 is 0 Å². The first-order chi connectivity index (χ1) is 12.0. The van der Waals surface area contributed by atoms with Crippen LogP contribution in [0.3, 0.4) is 0 Å². The Labute approximate surface area is 146 Å². The Morgan fingerprint density at radius 2 is 1.60 bits per heavy atom. The standard InChI is InChI=1S/C19H21N3O3/c1-14-6-3-4-9-17(14)20-10-12-21(13-11-20)19(23)16-8-5-7-15(2)18(16)22(24)25/h3-9H,10-13H2,1-2H3. The first kappa shape index (κ1) is 17.0. The van der Waals surface area contributed by atoms with Crippen molar-refractivity contribution in [3.05, 3.63) is 69.3 Å². The van der Waals surface area contributed by atoms with E-state index in [1.54, 1.807) is 30.0 Å². The molecule has 0 spiro atoms. The Morgan fingerprint density at radius 3 is 2.24 bits per heavy atom. The number of aryl methyl sites for hydroxylation is 2. The smallest absolute Gasteiger partial charge is 0.285 e. The first-order valence-electron chi connectivity index (χ1n) is 8.33. The summed E-state index contributed by atoms with van der Waals surface area (Å²) in [5.74, 6) is -0.264. The molecule has 1 saturated heterocycles. The first-order valence-corrected chi connectivity index (χ1v) is 8.33. The van der Waals surface area contributed by atoms with Gasteiger partial charge in [0, 0.05) is 37.4 Å². The molecule has 1 aliphatic rings. The van der Waals surface area contributed by atoms with E-state index in [4.69, 9.17) is 0 Å². The summed E-state index contributed by atoms with van der Waals surface area (Å²) >= 11 is 0. The molecule has 0 atom stereocenters. The second kappa shape index (κ2) is 6.93. The lowest BCUT2D eigenvalue weighted by Gasteiger charge is -2.36. The predicted octanol–water partition coefficient (Wildman–Crippen LogP) is 3.17. The Kier molecular flexibility index (Phi) is 4.70. The Bertz CT molecular complexity index is 811. The second-order valence-electron chi connectivity index (χ2n) is 6.29. The number of amides is 1. The van der Waals surface area contributed by atoms with E-state index in [1.165, 1.54) is 11.3 Å². The van der Waals surface area contributed by atoms with Crippen LogP contribution in [0.4, 0.5) is 11.4 Å². The van der Waals surface area contributed by atoms with Crippen LogP contribution in [0.1, 0.15) is 21.5 Å². The van der Waals surface area contributed by atoms with E-state index in [-0.39, 0.29) is 17.2 Å². The van der Waals surface area contributed by atoms with Crippen LogP contribution in [0.15, 0.2) is 42.5 Å². The van der Waals surface area contributed by atoms with Gasteiger partial charge in [-0.3, -0.25) is 14.9 Å². The van der Waals surface area contributed by atoms with Gasteiger partial charge in [-0.05, 0) is 31.5 Å². The van der Waals surface area contributed by atoms with Crippen LogP contribution >= 0.6 is 0 Å². The molecule has 0 bridgehead atoms. The van der Waals surface area contributed by atoms with E-state index in [9.17, 15) is 14.9 Å². The molecule has 0 aromatic heterocycles. The van der Waals surface area contributed by atoms with Gasteiger partial charge >= 0.3 is 0 Å². The molecule has 1 heterocycles. The molecule has 1 amide bonds. The molecule has 6 nitrogen and oxygen atoms in total. The lowest BCUT2D eigenvalue weighted by molar-refractivity contribution is -0.385. The number of hydrogen-bond donors (Lipinski definition) is 0. The number of nitro benzene ring substituents is 1. The maximum absolute atomic E-state index is 12.8. The fourth-order valence-corrected chi connectivity index (χ4v) is 3.31. The number of hydrogen-bond acceptors (Lipinski definition) is 4.